The second-order valence-electron chi connectivity index (χ2n) is 3.41. The Morgan fingerprint density at radius 2 is 2.16 bits per heavy atom. The summed E-state index contributed by atoms with van der Waals surface area (Å²) in [6.45, 7) is 0. The molecule has 0 aliphatic heterocycles. The van der Waals surface area contributed by atoms with E-state index in [0.717, 1.165) is 12.3 Å². The van der Waals surface area contributed by atoms with Gasteiger partial charge in [-0.15, -0.1) is 0 Å². The molecular formula is C9H8ClN3O6. The minimum absolute atomic E-state index is 0.138. The van der Waals surface area contributed by atoms with Gasteiger partial charge in [0.05, 0.1) is 16.4 Å². The van der Waals surface area contributed by atoms with Crippen LogP contribution in [-0.4, -0.2) is 38.1 Å². The summed E-state index contributed by atoms with van der Waals surface area (Å²) in [4.78, 5) is 34.6. The van der Waals surface area contributed by atoms with Crippen LogP contribution in [0.1, 0.15) is 6.42 Å². The van der Waals surface area contributed by atoms with Gasteiger partial charge in [0.1, 0.15) is 18.1 Å². The van der Waals surface area contributed by atoms with E-state index in [1.807, 2.05) is 0 Å². The number of nitro groups is 1. The summed E-state index contributed by atoms with van der Waals surface area (Å²) in [7, 11) is 0. The number of carboxylic acid groups (broad SMARTS) is 2. The van der Waals surface area contributed by atoms with Crippen LogP contribution < -0.4 is 5.32 Å². The zero-order valence-corrected chi connectivity index (χ0v) is 9.99. The fourth-order valence-electron chi connectivity index (χ4n) is 1.17. The van der Waals surface area contributed by atoms with Crippen molar-refractivity contribution in [1.82, 2.24) is 4.98 Å². The Labute approximate surface area is 111 Å². The first-order valence-corrected chi connectivity index (χ1v) is 5.20. The smallest absolute Gasteiger partial charge is 0.326 e. The van der Waals surface area contributed by atoms with E-state index in [0.29, 0.717) is 0 Å². The lowest BCUT2D eigenvalue weighted by Crippen LogP contribution is -2.32. The minimum atomic E-state index is -1.44. The zero-order chi connectivity index (χ0) is 14.6. The number of aliphatic carboxylic acids is 2. The van der Waals surface area contributed by atoms with Crippen LogP contribution in [0.2, 0.25) is 5.02 Å². The molecule has 0 radical (unpaired) electrons. The molecule has 9 nitrogen and oxygen atoms in total. The number of halogens is 1. The average molecular weight is 290 g/mol. The second kappa shape index (κ2) is 5.96. The van der Waals surface area contributed by atoms with Gasteiger partial charge >= 0.3 is 11.9 Å². The molecule has 0 saturated heterocycles. The standard InChI is InChI=1S/C9H8ClN3O6/c10-5-1-4(13(18)19)3-11-8(5)12-6(9(16)17)2-7(14)15/h1,3,6H,2H2,(H,11,12)(H,14,15)(H,16,17). The molecule has 19 heavy (non-hydrogen) atoms. The quantitative estimate of drug-likeness (QED) is 0.519. The van der Waals surface area contributed by atoms with Crippen LogP contribution in [0.5, 0.6) is 0 Å². The molecule has 0 aliphatic rings. The van der Waals surface area contributed by atoms with Crippen molar-refractivity contribution in [2.75, 3.05) is 5.32 Å². The van der Waals surface area contributed by atoms with Crippen molar-refractivity contribution in [3.63, 3.8) is 0 Å². The Morgan fingerprint density at radius 3 is 2.58 bits per heavy atom. The van der Waals surface area contributed by atoms with Gasteiger partial charge in [0.2, 0.25) is 0 Å². The lowest BCUT2D eigenvalue weighted by Gasteiger charge is -2.13. The Morgan fingerprint density at radius 1 is 1.53 bits per heavy atom. The van der Waals surface area contributed by atoms with Crippen LogP contribution in [0.15, 0.2) is 12.3 Å². The molecule has 0 aromatic carbocycles. The maximum Gasteiger partial charge on any atom is 0.326 e. The lowest BCUT2D eigenvalue weighted by molar-refractivity contribution is -0.385. The molecule has 0 amide bonds. The maximum absolute atomic E-state index is 10.8. The molecule has 0 fully saturated rings. The van der Waals surface area contributed by atoms with Crippen molar-refractivity contribution in [2.45, 2.75) is 12.5 Å². The van der Waals surface area contributed by atoms with E-state index >= 15 is 0 Å². The Bertz CT molecular complexity index is 535. The molecule has 0 aliphatic carbocycles. The van der Waals surface area contributed by atoms with Crippen molar-refractivity contribution in [3.8, 4) is 0 Å². The molecule has 0 bridgehead atoms. The van der Waals surface area contributed by atoms with Gasteiger partial charge in [-0.3, -0.25) is 14.9 Å². The first-order chi connectivity index (χ1) is 8.81. The van der Waals surface area contributed by atoms with Crippen LogP contribution in [0, 0.1) is 10.1 Å². The van der Waals surface area contributed by atoms with E-state index < -0.39 is 29.3 Å². The molecule has 1 rings (SSSR count). The van der Waals surface area contributed by atoms with Crippen LogP contribution in [-0.2, 0) is 9.59 Å². The predicted molar refractivity (Wildman–Crippen MR) is 63.2 cm³/mol. The molecule has 0 spiro atoms. The molecule has 10 heteroatoms. The summed E-state index contributed by atoms with van der Waals surface area (Å²) < 4.78 is 0. The summed E-state index contributed by atoms with van der Waals surface area (Å²) in [6.07, 6.45) is 0.193. The van der Waals surface area contributed by atoms with Crippen molar-refractivity contribution in [3.05, 3.63) is 27.4 Å². The van der Waals surface area contributed by atoms with Gasteiger partial charge in [0, 0.05) is 6.07 Å². The number of aromatic nitrogens is 1. The lowest BCUT2D eigenvalue weighted by atomic mass is 10.2. The highest BCUT2D eigenvalue weighted by Crippen LogP contribution is 2.24. The summed E-state index contributed by atoms with van der Waals surface area (Å²) in [5.74, 6) is -2.86. The van der Waals surface area contributed by atoms with Crippen LogP contribution in [0.3, 0.4) is 0 Å². The maximum atomic E-state index is 10.8. The number of carboxylic acids is 2. The van der Waals surface area contributed by atoms with E-state index in [-0.39, 0.29) is 16.5 Å². The summed E-state index contributed by atoms with van der Waals surface area (Å²) in [5, 5.41) is 29.9. The van der Waals surface area contributed by atoms with Gasteiger partial charge < -0.3 is 15.5 Å². The van der Waals surface area contributed by atoms with Crippen LogP contribution in [0.4, 0.5) is 11.5 Å². The fourth-order valence-corrected chi connectivity index (χ4v) is 1.39. The monoisotopic (exact) mass is 289 g/mol. The third kappa shape index (κ3) is 4.07. The largest absolute Gasteiger partial charge is 0.481 e. The highest BCUT2D eigenvalue weighted by atomic mass is 35.5. The number of pyridine rings is 1. The average Bonchev–Trinajstić information content (AvgIpc) is 2.29. The van der Waals surface area contributed by atoms with Crippen LogP contribution in [0.25, 0.3) is 0 Å². The van der Waals surface area contributed by atoms with E-state index in [2.05, 4.69) is 10.3 Å². The number of nitrogens with zero attached hydrogens (tertiary/aromatic N) is 2. The van der Waals surface area contributed by atoms with Gasteiger partial charge in [-0.25, -0.2) is 9.78 Å². The summed E-state index contributed by atoms with van der Waals surface area (Å²) in [5.41, 5.74) is -0.361. The van der Waals surface area contributed by atoms with Gasteiger partial charge in [0.15, 0.2) is 0 Å². The first-order valence-electron chi connectivity index (χ1n) is 4.82. The highest BCUT2D eigenvalue weighted by molar-refractivity contribution is 6.33. The second-order valence-corrected chi connectivity index (χ2v) is 3.82. The normalized spacial score (nSPS) is 11.6. The molecule has 1 unspecified atom stereocenters. The van der Waals surface area contributed by atoms with Crippen molar-refractivity contribution in [2.24, 2.45) is 0 Å². The molecule has 1 aromatic heterocycles. The van der Waals surface area contributed by atoms with Gasteiger partial charge in [-0.2, -0.15) is 0 Å². The van der Waals surface area contributed by atoms with Crippen molar-refractivity contribution >= 4 is 35.0 Å². The Balaban J connectivity index is 2.94. The first kappa shape index (κ1) is 14.6. The van der Waals surface area contributed by atoms with E-state index in [1.165, 1.54) is 0 Å². The fraction of sp³-hybridized carbons (Fsp3) is 0.222. The number of nitrogens with one attached hydrogen (secondary N) is 1. The van der Waals surface area contributed by atoms with Gasteiger partial charge in [-0.05, 0) is 0 Å². The molecule has 1 atom stereocenters. The molecular weight excluding hydrogens is 282 g/mol. The third-order valence-electron chi connectivity index (χ3n) is 2.03. The SMILES string of the molecule is O=C(O)CC(Nc1ncc([N+](=O)[O-])cc1Cl)C(=O)O. The summed E-state index contributed by atoms with van der Waals surface area (Å²) in [6, 6.07) is -0.458. The van der Waals surface area contributed by atoms with E-state index in [1.54, 1.807) is 0 Å². The number of hydrogen-bond acceptors (Lipinski definition) is 6. The molecule has 3 N–H and O–H groups in total. The Hall–Kier alpha value is -2.42. The topological polar surface area (TPSA) is 143 Å². The number of anilines is 1. The van der Waals surface area contributed by atoms with Crippen LogP contribution >= 0.6 is 11.6 Å². The molecule has 1 aromatic rings. The van der Waals surface area contributed by atoms with Crippen molar-refractivity contribution < 1.29 is 24.7 Å². The van der Waals surface area contributed by atoms with Gasteiger partial charge in [-0.1, -0.05) is 11.6 Å². The third-order valence-corrected chi connectivity index (χ3v) is 2.31. The van der Waals surface area contributed by atoms with Gasteiger partial charge in [0.25, 0.3) is 5.69 Å². The Kier molecular flexibility index (Phi) is 4.59. The number of hydrogen-bond donors (Lipinski definition) is 3. The number of carbonyl (C=O) groups is 2. The van der Waals surface area contributed by atoms with E-state index in [4.69, 9.17) is 21.8 Å². The van der Waals surface area contributed by atoms with Crippen molar-refractivity contribution in [1.29, 1.82) is 0 Å². The predicted octanol–water partition coefficient (Wildman–Crippen LogP) is 0.983. The molecule has 1 heterocycles. The zero-order valence-electron chi connectivity index (χ0n) is 9.24. The molecule has 0 saturated carbocycles. The highest BCUT2D eigenvalue weighted by Gasteiger charge is 2.23. The minimum Gasteiger partial charge on any atom is -0.481 e. The summed E-state index contributed by atoms with van der Waals surface area (Å²) >= 11 is 5.69. The van der Waals surface area contributed by atoms with E-state index in [9.17, 15) is 19.7 Å². The molecule has 102 valence electrons. The number of rotatable bonds is 6.